The summed E-state index contributed by atoms with van der Waals surface area (Å²) in [6.07, 6.45) is 9.42. The third-order valence-corrected chi connectivity index (χ3v) is 8.58. The molecule has 0 aliphatic heterocycles. The summed E-state index contributed by atoms with van der Waals surface area (Å²) in [5.74, 6) is 1.61. The van der Waals surface area contributed by atoms with Crippen LogP contribution in [0.15, 0.2) is 176 Å². The highest BCUT2D eigenvalue weighted by molar-refractivity contribution is 5.82. The minimum Gasteiger partial charge on any atom is -0.232 e. The van der Waals surface area contributed by atoms with E-state index < -0.39 is 0 Å². The Labute approximate surface area is 280 Å². The predicted molar refractivity (Wildman–Crippen MR) is 196 cm³/mol. The van der Waals surface area contributed by atoms with Crippen molar-refractivity contribution in [2.45, 2.75) is 12.3 Å². The minimum atomic E-state index is 0.109. The van der Waals surface area contributed by atoms with Gasteiger partial charge in [0, 0.05) is 33.7 Å². The lowest BCUT2D eigenvalue weighted by atomic mass is 9.95. The van der Waals surface area contributed by atoms with Gasteiger partial charge in [-0.3, -0.25) is 0 Å². The number of benzene rings is 5. The van der Waals surface area contributed by atoms with Crippen LogP contribution in [0.5, 0.6) is 0 Å². The minimum absolute atomic E-state index is 0.109. The third-order valence-electron chi connectivity index (χ3n) is 8.58. The van der Waals surface area contributed by atoms with Crippen LogP contribution >= 0.6 is 0 Å². The van der Waals surface area contributed by atoms with E-state index in [1.807, 2.05) is 48.5 Å². The summed E-state index contributed by atoms with van der Waals surface area (Å²) in [7, 11) is 0. The average molecular weight is 617 g/mol. The van der Waals surface area contributed by atoms with Crippen LogP contribution < -0.4 is 0 Å². The second kappa shape index (κ2) is 13.2. The van der Waals surface area contributed by atoms with Gasteiger partial charge in [-0.15, -0.1) is 0 Å². The predicted octanol–water partition coefficient (Wildman–Crippen LogP) is 10.9. The number of allylic oxidation sites excluding steroid dienone is 4. The van der Waals surface area contributed by atoms with Crippen molar-refractivity contribution < 1.29 is 0 Å². The van der Waals surface area contributed by atoms with E-state index in [2.05, 4.69) is 127 Å². The number of nitrogens with zero attached hydrogens (tertiary/aromatic N) is 4. The maximum absolute atomic E-state index is 5.22. The lowest BCUT2D eigenvalue weighted by Gasteiger charge is -2.16. The first-order valence-electron chi connectivity index (χ1n) is 16.3. The number of aromatic nitrogens is 4. The van der Waals surface area contributed by atoms with Crippen LogP contribution in [0.3, 0.4) is 0 Å². The maximum atomic E-state index is 5.22. The Kier molecular flexibility index (Phi) is 8.04. The zero-order chi connectivity index (χ0) is 32.1. The molecule has 2 aromatic heterocycles. The van der Waals surface area contributed by atoms with Crippen LogP contribution in [0.1, 0.15) is 18.2 Å². The van der Waals surface area contributed by atoms with Gasteiger partial charge >= 0.3 is 0 Å². The van der Waals surface area contributed by atoms with Crippen LogP contribution in [0, 0.1) is 0 Å². The molecule has 0 spiro atoms. The summed E-state index contributed by atoms with van der Waals surface area (Å²) in [6, 6.07) is 52.2. The number of rotatable bonds is 7. The van der Waals surface area contributed by atoms with E-state index in [4.69, 9.17) is 19.9 Å². The zero-order valence-corrected chi connectivity index (χ0v) is 26.3. The largest absolute Gasteiger partial charge is 0.232 e. The molecule has 48 heavy (non-hydrogen) atoms. The lowest BCUT2D eigenvalue weighted by Crippen LogP contribution is -2.05. The molecule has 1 atom stereocenters. The highest BCUT2D eigenvalue weighted by Gasteiger charge is 2.18. The second-order valence-corrected chi connectivity index (χ2v) is 11.9. The summed E-state index contributed by atoms with van der Waals surface area (Å²) < 4.78 is 0. The van der Waals surface area contributed by atoms with Crippen molar-refractivity contribution in [2.24, 2.45) is 0 Å². The molecular weight excluding hydrogens is 585 g/mol. The Balaban J connectivity index is 1.35. The fraction of sp³-hybridized carbons (Fsp3) is 0.0455. The first-order chi connectivity index (χ1) is 23.8. The van der Waals surface area contributed by atoms with E-state index in [-0.39, 0.29) is 5.92 Å². The maximum Gasteiger partial charge on any atom is 0.160 e. The van der Waals surface area contributed by atoms with Crippen LogP contribution in [-0.4, -0.2) is 19.9 Å². The monoisotopic (exact) mass is 616 g/mol. The molecule has 4 heteroatoms. The topological polar surface area (TPSA) is 51.6 Å². The van der Waals surface area contributed by atoms with Crippen molar-refractivity contribution in [1.29, 1.82) is 0 Å². The molecule has 0 fully saturated rings. The molecule has 0 saturated carbocycles. The van der Waals surface area contributed by atoms with Gasteiger partial charge in [-0.25, -0.2) is 19.9 Å². The standard InChI is InChI=1S/C44H32N4/c1-6-16-31(17-7-1)36-26-37(41-29-39(32-18-8-2-9-19-32)45-43(47-41)34-22-12-4-13-23-34)28-38(27-36)42-30-40(33-20-10-3-11-21-33)46-44(48-42)35-24-14-5-15-25-35/h1-24,26-30,35H,25H2. The highest BCUT2D eigenvalue weighted by Crippen LogP contribution is 2.36. The Bertz CT molecular complexity index is 2190. The molecule has 0 saturated heterocycles. The zero-order valence-electron chi connectivity index (χ0n) is 26.3. The summed E-state index contributed by atoms with van der Waals surface area (Å²) in [6.45, 7) is 0. The molecule has 4 nitrogen and oxygen atoms in total. The van der Waals surface area contributed by atoms with E-state index in [0.29, 0.717) is 5.82 Å². The molecule has 5 aromatic carbocycles. The van der Waals surface area contributed by atoms with Gasteiger partial charge in [0.1, 0.15) is 5.82 Å². The summed E-state index contributed by atoms with van der Waals surface area (Å²) >= 11 is 0. The summed E-state index contributed by atoms with van der Waals surface area (Å²) in [5, 5.41) is 0. The molecule has 0 amide bonds. The van der Waals surface area contributed by atoms with Gasteiger partial charge in [-0.05, 0) is 47.9 Å². The van der Waals surface area contributed by atoms with E-state index >= 15 is 0 Å². The van der Waals surface area contributed by atoms with E-state index in [9.17, 15) is 0 Å². The van der Waals surface area contributed by atoms with Gasteiger partial charge < -0.3 is 0 Å². The molecule has 2 heterocycles. The summed E-state index contributed by atoms with van der Waals surface area (Å²) in [4.78, 5) is 20.5. The molecule has 8 rings (SSSR count). The second-order valence-electron chi connectivity index (χ2n) is 11.9. The first kappa shape index (κ1) is 29.2. The van der Waals surface area contributed by atoms with Crippen LogP contribution in [0.4, 0.5) is 0 Å². The third kappa shape index (κ3) is 6.24. The molecule has 1 aliphatic rings. The highest BCUT2D eigenvalue weighted by atomic mass is 14.9. The van der Waals surface area contributed by atoms with Crippen molar-refractivity contribution in [3.63, 3.8) is 0 Å². The van der Waals surface area contributed by atoms with Crippen molar-refractivity contribution in [3.8, 4) is 67.5 Å². The van der Waals surface area contributed by atoms with Gasteiger partial charge in [0.05, 0.1) is 22.8 Å². The molecule has 0 N–H and O–H groups in total. The van der Waals surface area contributed by atoms with Gasteiger partial charge in [-0.2, -0.15) is 0 Å². The number of hydrogen-bond acceptors (Lipinski definition) is 4. The smallest absolute Gasteiger partial charge is 0.160 e. The first-order valence-corrected chi connectivity index (χ1v) is 16.3. The van der Waals surface area contributed by atoms with Crippen LogP contribution in [0.25, 0.3) is 67.5 Å². The Morgan fingerprint density at radius 2 is 0.812 bits per heavy atom. The summed E-state index contributed by atoms with van der Waals surface area (Å²) in [5.41, 5.74) is 10.8. The lowest BCUT2D eigenvalue weighted by molar-refractivity contribution is 0.775. The SMILES string of the molecule is C1=CCC(c2nc(-c3ccccc3)cc(-c3cc(-c4ccccc4)cc(-c4cc(-c5ccccc5)nc(-c5ccccc5)n4)c3)n2)C=C1. The fourth-order valence-corrected chi connectivity index (χ4v) is 6.10. The molecule has 7 aromatic rings. The van der Waals surface area contributed by atoms with E-state index in [0.717, 1.165) is 74.0 Å². The van der Waals surface area contributed by atoms with Gasteiger partial charge in [0.15, 0.2) is 5.82 Å². The molecule has 1 aliphatic carbocycles. The molecular formula is C44H32N4. The molecule has 0 bridgehead atoms. The van der Waals surface area contributed by atoms with Crippen LogP contribution in [0.2, 0.25) is 0 Å². The Morgan fingerprint density at radius 3 is 1.33 bits per heavy atom. The van der Waals surface area contributed by atoms with E-state index in [1.54, 1.807) is 0 Å². The average Bonchev–Trinajstić information content (AvgIpc) is 3.19. The Hall–Kier alpha value is -6.26. The molecule has 0 radical (unpaired) electrons. The quantitative estimate of drug-likeness (QED) is 0.179. The van der Waals surface area contributed by atoms with E-state index in [1.165, 1.54) is 0 Å². The molecule has 228 valence electrons. The number of hydrogen-bond donors (Lipinski definition) is 0. The van der Waals surface area contributed by atoms with Crippen molar-refractivity contribution in [3.05, 3.63) is 182 Å². The fourth-order valence-electron chi connectivity index (χ4n) is 6.10. The van der Waals surface area contributed by atoms with Crippen molar-refractivity contribution >= 4 is 0 Å². The Morgan fingerprint density at radius 1 is 0.375 bits per heavy atom. The van der Waals surface area contributed by atoms with Gasteiger partial charge in [0.25, 0.3) is 0 Å². The normalized spacial score (nSPS) is 13.8. The van der Waals surface area contributed by atoms with Crippen LogP contribution in [-0.2, 0) is 0 Å². The molecule has 1 unspecified atom stereocenters. The van der Waals surface area contributed by atoms with Crippen molar-refractivity contribution in [1.82, 2.24) is 19.9 Å². The van der Waals surface area contributed by atoms with Gasteiger partial charge in [0.2, 0.25) is 0 Å². The van der Waals surface area contributed by atoms with Gasteiger partial charge in [-0.1, -0.05) is 146 Å². The van der Waals surface area contributed by atoms with Crippen molar-refractivity contribution in [2.75, 3.05) is 0 Å².